The molecule has 10 heteroatoms. The Balaban J connectivity index is 0.000000137. The Hall–Kier alpha value is -5.57. The number of aryl methyl sites for hydroxylation is 4. The number of H-pyrrole nitrogens is 1. The zero-order valence-corrected chi connectivity index (χ0v) is 31.1. The summed E-state index contributed by atoms with van der Waals surface area (Å²) in [7, 11) is 0. The van der Waals surface area contributed by atoms with E-state index in [0.29, 0.717) is 0 Å². The number of rotatable bonds is 3. The quantitative estimate of drug-likeness (QED) is 0.141. The van der Waals surface area contributed by atoms with E-state index in [1.165, 1.54) is 22.3 Å². The number of pyridine rings is 6. The Kier molecular flexibility index (Phi) is 11.0. The minimum atomic E-state index is 0. The third kappa shape index (κ3) is 8.09. The predicted molar refractivity (Wildman–Crippen MR) is 204 cm³/mol. The van der Waals surface area contributed by atoms with Gasteiger partial charge in [-0.25, -0.2) is 4.98 Å². The molecule has 1 aromatic carbocycles. The van der Waals surface area contributed by atoms with E-state index in [2.05, 4.69) is 86.2 Å². The first-order valence-electron chi connectivity index (χ1n) is 16.2. The molecule has 0 unspecified atom stereocenters. The average Bonchev–Trinajstić information content (AvgIpc) is 3.84. The zero-order valence-electron chi connectivity index (χ0n) is 28.5. The molecule has 51 heavy (non-hydrogen) atoms. The van der Waals surface area contributed by atoms with Crippen LogP contribution in [-0.4, -0.2) is 39.9 Å². The number of nitrogens with zero attached hydrogens (tertiary/aromatic N) is 7. The fourth-order valence-electron chi connectivity index (χ4n) is 5.58. The maximum absolute atomic E-state index is 4.82. The van der Waals surface area contributed by atoms with Gasteiger partial charge in [0.2, 0.25) is 0 Å². The van der Waals surface area contributed by atoms with E-state index >= 15 is 0 Å². The van der Waals surface area contributed by atoms with Gasteiger partial charge in [0.05, 0.1) is 49.7 Å². The summed E-state index contributed by atoms with van der Waals surface area (Å²) in [5.74, 6) is 0.895. The van der Waals surface area contributed by atoms with Crippen LogP contribution in [0.4, 0.5) is 0 Å². The van der Waals surface area contributed by atoms with Gasteiger partial charge in [0, 0.05) is 48.0 Å². The second-order valence-electron chi connectivity index (χ2n) is 12.0. The standard InChI is InChI=1S/C17H10N4S.2C12H12N2.Ru/c1-4-10-13(18-7-1)14-11(5-2-8-19-14)16-15(10)20-17(21-16)12-6-3-9-22-12;2*1-9-3-5-13-11(7-9)12-8-10(2)4-6-14-12;/h1-9H,(H,20,21);2*3-8H,1-2H3;/q;;;+3. The van der Waals surface area contributed by atoms with E-state index in [1.807, 2.05) is 91.5 Å². The second kappa shape index (κ2) is 16.0. The Labute approximate surface area is 313 Å². The number of fused-ring (bicyclic) bond motifs is 6. The minimum absolute atomic E-state index is 0. The molecular weight excluding hydrogens is 738 g/mol. The van der Waals surface area contributed by atoms with Gasteiger partial charge in [-0.2, -0.15) is 0 Å². The van der Waals surface area contributed by atoms with Gasteiger partial charge in [-0.15, -0.1) is 11.3 Å². The van der Waals surface area contributed by atoms with Gasteiger partial charge in [-0.3, -0.25) is 29.9 Å². The van der Waals surface area contributed by atoms with E-state index < -0.39 is 0 Å². The predicted octanol–water partition coefficient (Wildman–Crippen LogP) is 9.91. The molecule has 8 aromatic heterocycles. The molecule has 0 atom stereocenters. The third-order valence-corrected chi connectivity index (χ3v) is 8.89. The van der Waals surface area contributed by atoms with Crippen LogP contribution < -0.4 is 0 Å². The molecule has 0 fully saturated rings. The molecule has 249 valence electrons. The van der Waals surface area contributed by atoms with E-state index in [0.717, 1.165) is 66.3 Å². The molecule has 1 radical (unpaired) electrons. The fourth-order valence-corrected chi connectivity index (χ4v) is 6.25. The third-order valence-electron chi connectivity index (χ3n) is 8.01. The van der Waals surface area contributed by atoms with Gasteiger partial charge in [0.1, 0.15) is 5.82 Å². The van der Waals surface area contributed by atoms with Crippen molar-refractivity contribution < 1.29 is 19.5 Å². The summed E-state index contributed by atoms with van der Waals surface area (Å²) >= 11 is 1.68. The second-order valence-corrected chi connectivity index (χ2v) is 12.9. The minimum Gasteiger partial charge on any atom is -0.337 e. The molecule has 0 aliphatic carbocycles. The van der Waals surface area contributed by atoms with Gasteiger partial charge < -0.3 is 4.98 Å². The molecule has 0 saturated carbocycles. The van der Waals surface area contributed by atoms with Crippen molar-refractivity contribution in [1.29, 1.82) is 0 Å². The van der Waals surface area contributed by atoms with Crippen LogP contribution in [0.3, 0.4) is 0 Å². The zero-order chi connectivity index (χ0) is 34.5. The van der Waals surface area contributed by atoms with Gasteiger partial charge in [-0.1, -0.05) is 6.07 Å². The topological polar surface area (TPSA) is 106 Å². The van der Waals surface area contributed by atoms with Crippen LogP contribution in [0.1, 0.15) is 22.3 Å². The maximum Gasteiger partial charge on any atom is 3.00 e. The molecule has 8 heterocycles. The number of thiophene rings is 1. The number of hydrogen-bond acceptors (Lipinski definition) is 8. The molecule has 9 rings (SSSR count). The summed E-state index contributed by atoms with van der Waals surface area (Å²) in [5.41, 5.74) is 12.4. The summed E-state index contributed by atoms with van der Waals surface area (Å²) in [6.45, 7) is 8.23. The van der Waals surface area contributed by atoms with Crippen molar-refractivity contribution in [1.82, 2.24) is 39.9 Å². The molecular formula is C41H34N8RuS+3. The first kappa shape index (κ1) is 35.3. The molecule has 1 N–H and O–H groups in total. The number of imidazole rings is 1. The SMILES string of the molecule is Cc1ccnc(-c2cc(C)ccn2)c1.Cc1ccnc(-c2cc(C)ccn2)c1.[Ru+3].c1csc(-c2nc3c4cccnc4c4ncccc4c3[nH]2)c1. The molecule has 0 amide bonds. The van der Waals surface area contributed by atoms with Crippen LogP contribution in [0, 0.1) is 27.7 Å². The smallest absolute Gasteiger partial charge is 0.337 e. The van der Waals surface area contributed by atoms with Crippen molar-refractivity contribution in [2.45, 2.75) is 27.7 Å². The molecule has 0 aliphatic rings. The normalized spacial score (nSPS) is 10.6. The van der Waals surface area contributed by atoms with Crippen LogP contribution in [0.2, 0.25) is 0 Å². The number of hydrogen-bond donors (Lipinski definition) is 1. The van der Waals surface area contributed by atoms with Crippen LogP contribution in [0.15, 0.2) is 127 Å². The van der Waals surface area contributed by atoms with E-state index in [-0.39, 0.29) is 19.5 Å². The maximum atomic E-state index is 4.82. The number of aromatic nitrogens is 8. The first-order chi connectivity index (χ1) is 24.4. The number of aromatic amines is 1. The van der Waals surface area contributed by atoms with Crippen molar-refractivity contribution in [3.05, 3.63) is 150 Å². The number of benzene rings is 1. The monoisotopic (exact) mass is 772 g/mol. The summed E-state index contributed by atoms with van der Waals surface area (Å²) < 4.78 is 0. The van der Waals surface area contributed by atoms with Gasteiger partial charge in [-0.05, 0) is 134 Å². The average molecular weight is 772 g/mol. The molecule has 0 saturated heterocycles. The van der Waals surface area contributed by atoms with E-state index in [9.17, 15) is 0 Å². The molecule has 9 aromatic rings. The summed E-state index contributed by atoms with van der Waals surface area (Å²) in [6, 6.07) is 28.2. The van der Waals surface area contributed by atoms with Crippen molar-refractivity contribution in [2.75, 3.05) is 0 Å². The summed E-state index contributed by atoms with van der Waals surface area (Å²) in [5, 5.41) is 4.14. The fraction of sp³-hybridized carbons (Fsp3) is 0.0976. The van der Waals surface area contributed by atoms with Crippen LogP contribution in [0.25, 0.3) is 66.3 Å². The van der Waals surface area contributed by atoms with Crippen molar-refractivity contribution in [2.24, 2.45) is 0 Å². The van der Waals surface area contributed by atoms with Gasteiger partial charge in [0.15, 0.2) is 0 Å². The summed E-state index contributed by atoms with van der Waals surface area (Å²) in [4.78, 5) is 35.6. The van der Waals surface area contributed by atoms with Crippen molar-refractivity contribution in [3.63, 3.8) is 0 Å². The van der Waals surface area contributed by atoms with Gasteiger partial charge in [0.25, 0.3) is 0 Å². The Bertz CT molecular complexity index is 2320. The van der Waals surface area contributed by atoms with Crippen LogP contribution >= 0.6 is 11.3 Å². The van der Waals surface area contributed by atoms with Crippen LogP contribution in [-0.2, 0) is 19.5 Å². The van der Waals surface area contributed by atoms with Gasteiger partial charge >= 0.3 is 19.5 Å². The van der Waals surface area contributed by atoms with Crippen LogP contribution in [0.5, 0.6) is 0 Å². The molecule has 0 spiro atoms. The molecule has 8 nitrogen and oxygen atoms in total. The summed E-state index contributed by atoms with van der Waals surface area (Å²) in [6.07, 6.45) is 10.9. The Morgan fingerprint density at radius 3 is 1.35 bits per heavy atom. The first-order valence-corrected chi connectivity index (χ1v) is 17.1. The Morgan fingerprint density at radius 2 is 0.922 bits per heavy atom. The van der Waals surface area contributed by atoms with Crippen molar-refractivity contribution >= 4 is 44.2 Å². The molecule has 0 aliphatic heterocycles. The van der Waals surface area contributed by atoms with E-state index in [4.69, 9.17) is 4.98 Å². The van der Waals surface area contributed by atoms with Crippen molar-refractivity contribution in [3.8, 4) is 33.5 Å². The van der Waals surface area contributed by atoms with E-state index in [1.54, 1.807) is 23.7 Å². The number of nitrogens with one attached hydrogen (secondary N) is 1. The Morgan fingerprint density at radius 1 is 0.471 bits per heavy atom. The molecule has 0 bridgehead atoms. The largest absolute Gasteiger partial charge is 3.00 e.